The van der Waals surface area contributed by atoms with Crippen LogP contribution in [0, 0.1) is 34.6 Å². The fraction of sp³-hybridized carbons (Fsp3) is 0.0968. The molecule has 0 atom stereocenters. The molecule has 0 amide bonds. The highest BCUT2D eigenvalue weighted by atomic mass is 14.2. The molecule has 0 nitrogen and oxygen atoms in total. The predicted molar refractivity (Wildman–Crippen MR) is 270 cm³/mol. The summed E-state index contributed by atoms with van der Waals surface area (Å²) < 4.78 is 0. The van der Waals surface area contributed by atoms with Crippen LogP contribution < -0.4 is 0 Å². The molecule has 0 unspecified atom stereocenters. The van der Waals surface area contributed by atoms with E-state index in [1.54, 1.807) is 0 Å². The van der Waals surface area contributed by atoms with Gasteiger partial charge in [-0.3, -0.25) is 0 Å². The Balaban J connectivity index is 0.000000117. The van der Waals surface area contributed by atoms with Crippen LogP contribution in [0.1, 0.15) is 38.9 Å². The zero-order chi connectivity index (χ0) is 43.1. The number of benzene rings is 10. The van der Waals surface area contributed by atoms with Crippen LogP contribution in [-0.2, 0) is 6.42 Å². The van der Waals surface area contributed by atoms with E-state index in [9.17, 15) is 0 Å². The Morgan fingerprint density at radius 1 is 0.258 bits per heavy atom. The first-order valence-corrected chi connectivity index (χ1v) is 21.6. The van der Waals surface area contributed by atoms with Gasteiger partial charge in [0.25, 0.3) is 0 Å². The van der Waals surface area contributed by atoms with E-state index in [0.29, 0.717) is 0 Å². The lowest BCUT2D eigenvalue weighted by Gasteiger charge is -2.04. The number of hydrogen-bond donors (Lipinski definition) is 0. The van der Waals surface area contributed by atoms with Gasteiger partial charge in [-0.05, 0) is 118 Å². The average molecular weight is 801 g/mol. The third kappa shape index (κ3) is 11.5. The van der Waals surface area contributed by atoms with E-state index in [1.807, 2.05) is 12.1 Å². The summed E-state index contributed by atoms with van der Waals surface area (Å²) >= 11 is 0. The fourth-order valence-corrected chi connectivity index (χ4v) is 7.94. The van der Waals surface area contributed by atoms with Gasteiger partial charge in [0.15, 0.2) is 0 Å². The Morgan fingerprint density at radius 3 is 1.48 bits per heavy atom. The number of fused-ring (bicyclic) bond motifs is 5. The molecule has 10 aromatic carbocycles. The molecule has 0 N–H and O–H groups in total. The Labute approximate surface area is 369 Å². The normalized spacial score (nSPS) is 10.6. The summed E-state index contributed by atoms with van der Waals surface area (Å²) in [5.41, 5.74) is 17.6. The highest BCUT2D eigenvalue weighted by Gasteiger charge is 2.16. The van der Waals surface area contributed by atoms with Crippen LogP contribution >= 0.6 is 0 Å². The van der Waals surface area contributed by atoms with Crippen LogP contribution in [0.5, 0.6) is 0 Å². The summed E-state index contributed by atoms with van der Waals surface area (Å²) in [6.45, 7) is 10.7. The first-order valence-electron chi connectivity index (χ1n) is 21.6. The van der Waals surface area contributed by atoms with Crippen LogP contribution in [0.2, 0.25) is 0 Å². The molecule has 0 spiro atoms. The minimum absolute atomic E-state index is 1.10. The van der Waals surface area contributed by atoms with Gasteiger partial charge >= 0.3 is 0 Å². The molecule has 0 aromatic heterocycles. The quantitative estimate of drug-likeness (QED) is 0.163. The molecule has 0 aliphatic heterocycles. The molecular weight excluding hydrogens is 745 g/mol. The highest BCUT2D eigenvalue weighted by Crippen LogP contribution is 2.36. The number of aryl methyl sites for hydroxylation is 5. The number of rotatable bonds is 2. The Morgan fingerprint density at radius 2 is 0.758 bits per heavy atom. The van der Waals surface area contributed by atoms with Gasteiger partial charge < -0.3 is 0 Å². The van der Waals surface area contributed by atoms with Gasteiger partial charge in [-0.25, -0.2) is 0 Å². The van der Waals surface area contributed by atoms with Crippen LogP contribution in [0.3, 0.4) is 0 Å². The van der Waals surface area contributed by atoms with Gasteiger partial charge in [0.05, 0.1) is 0 Å². The smallest absolute Gasteiger partial charge is 0.00134 e. The predicted octanol–water partition coefficient (Wildman–Crippen LogP) is 17.2. The maximum absolute atomic E-state index is 2.30. The topological polar surface area (TPSA) is 0 Å². The van der Waals surface area contributed by atoms with Crippen molar-refractivity contribution in [1.29, 1.82) is 0 Å². The molecule has 10 aromatic rings. The Kier molecular flexibility index (Phi) is 14.7. The third-order valence-corrected chi connectivity index (χ3v) is 11.2. The largest absolute Gasteiger partial charge is 0.0622 e. The van der Waals surface area contributed by atoms with E-state index < -0.39 is 0 Å². The minimum atomic E-state index is 1.10. The monoisotopic (exact) mass is 800 g/mol. The summed E-state index contributed by atoms with van der Waals surface area (Å²) in [5, 5.41) is 5.33. The Bertz CT molecular complexity index is 2960. The lowest BCUT2D eigenvalue weighted by molar-refractivity contribution is 1.25. The third-order valence-electron chi connectivity index (χ3n) is 11.2. The van der Waals surface area contributed by atoms with Crippen molar-refractivity contribution in [3.05, 3.63) is 276 Å². The van der Waals surface area contributed by atoms with Crippen LogP contribution in [0.25, 0.3) is 54.9 Å². The van der Waals surface area contributed by atoms with Crippen LogP contribution in [-0.4, -0.2) is 0 Å². The summed E-state index contributed by atoms with van der Waals surface area (Å²) in [5.74, 6) is 0. The lowest BCUT2D eigenvalue weighted by atomic mass is 10.0. The van der Waals surface area contributed by atoms with Crippen molar-refractivity contribution in [2.24, 2.45) is 0 Å². The fourth-order valence-electron chi connectivity index (χ4n) is 7.94. The van der Waals surface area contributed by atoms with E-state index in [2.05, 4.69) is 259 Å². The highest BCUT2D eigenvalue weighted by molar-refractivity contribution is 5.85. The SMILES string of the molecule is Cc1ccc2c(c1)Cc1ccccc1-2.Cc1ccc2ccccc2c1.Cc1cccc(-c2ccccc2)c1.Cc1cccc2ccccc12.Cc1ccccc1-c1ccccc1. The van der Waals surface area contributed by atoms with Crippen molar-refractivity contribution in [2.45, 2.75) is 41.0 Å². The first-order chi connectivity index (χ1) is 30.3. The molecule has 304 valence electrons. The van der Waals surface area contributed by atoms with E-state index in [4.69, 9.17) is 0 Å². The molecule has 0 saturated carbocycles. The first kappa shape index (κ1) is 42.8. The molecule has 0 heterocycles. The molecular formula is C62H56. The minimum Gasteiger partial charge on any atom is -0.0622 e. The van der Waals surface area contributed by atoms with Crippen LogP contribution in [0.4, 0.5) is 0 Å². The standard InChI is InChI=1S/C14H12.2C13H12.2C11H10/c1-10-6-7-14-12(8-10)9-11-4-2-3-5-13(11)14;1-11-7-5-6-10-13(11)12-8-3-2-4-9-12;1-11-6-5-9-13(10-11)12-7-3-2-4-8-12;1-9-5-4-7-10-6-2-3-8-11(9)10;1-9-6-7-10-4-2-3-5-11(10)8-9/h2-8H,9H2,1H3;2*2-10H,1H3;2*2-8H,1H3. The van der Waals surface area contributed by atoms with E-state index in [0.717, 1.165) is 6.42 Å². The van der Waals surface area contributed by atoms with E-state index in [1.165, 1.54) is 93.9 Å². The molecule has 0 fully saturated rings. The van der Waals surface area contributed by atoms with Crippen molar-refractivity contribution in [2.75, 3.05) is 0 Å². The maximum atomic E-state index is 2.30. The zero-order valence-electron chi connectivity index (χ0n) is 36.7. The van der Waals surface area contributed by atoms with Gasteiger partial charge in [0.1, 0.15) is 0 Å². The average Bonchev–Trinajstić information content (AvgIpc) is 3.68. The van der Waals surface area contributed by atoms with Gasteiger partial charge in [0, 0.05) is 0 Å². The van der Waals surface area contributed by atoms with Gasteiger partial charge in [-0.1, -0.05) is 253 Å². The second-order valence-corrected chi connectivity index (χ2v) is 16.1. The second-order valence-electron chi connectivity index (χ2n) is 16.1. The van der Waals surface area contributed by atoms with E-state index in [-0.39, 0.29) is 0 Å². The molecule has 11 rings (SSSR count). The molecule has 0 radical (unpaired) electrons. The molecule has 0 heteroatoms. The summed E-state index contributed by atoms with van der Waals surface area (Å²) in [6, 6.07) is 83.1. The zero-order valence-corrected chi connectivity index (χ0v) is 36.7. The lowest BCUT2D eigenvalue weighted by Crippen LogP contribution is -1.80. The van der Waals surface area contributed by atoms with Crippen molar-refractivity contribution in [3.63, 3.8) is 0 Å². The molecule has 1 aliphatic carbocycles. The maximum Gasteiger partial charge on any atom is -0.00134 e. The van der Waals surface area contributed by atoms with Crippen molar-refractivity contribution >= 4 is 21.5 Å². The van der Waals surface area contributed by atoms with Crippen LogP contribution in [0.15, 0.2) is 237 Å². The molecule has 62 heavy (non-hydrogen) atoms. The summed E-state index contributed by atoms with van der Waals surface area (Å²) in [4.78, 5) is 0. The van der Waals surface area contributed by atoms with E-state index >= 15 is 0 Å². The second kappa shape index (κ2) is 21.3. The van der Waals surface area contributed by atoms with Gasteiger partial charge in [-0.2, -0.15) is 0 Å². The van der Waals surface area contributed by atoms with Gasteiger partial charge in [-0.15, -0.1) is 0 Å². The van der Waals surface area contributed by atoms with Crippen molar-refractivity contribution in [3.8, 4) is 33.4 Å². The molecule has 1 aliphatic rings. The summed E-state index contributed by atoms with van der Waals surface area (Å²) in [6.07, 6.45) is 1.10. The van der Waals surface area contributed by atoms with Gasteiger partial charge in [0.2, 0.25) is 0 Å². The molecule has 0 bridgehead atoms. The molecule has 0 saturated heterocycles. The van der Waals surface area contributed by atoms with Crippen molar-refractivity contribution < 1.29 is 0 Å². The summed E-state index contributed by atoms with van der Waals surface area (Å²) in [7, 11) is 0. The van der Waals surface area contributed by atoms with Crippen molar-refractivity contribution in [1.82, 2.24) is 0 Å². The Hall–Kier alpha value is -7.28. The number of hydrogen-bond acceptors (Lipinski definition) is 0.